The lowest BCUT2D eigenvalue weighted by Gasteiger charge is -2.34. The van der Waals surface area contributed by atoms with Crippen LogP contribution in [0.1, 0.15) is 5.56 Å². The van der Waals surface area contributed by atoms with Gasteiger partial charge in [0, 0.05) is 31.7 Å². The number of ether oxygens (including phenoxy) is 1. The molecule has 1 aromatic rings. The first-order valence-electron chi connectivity index (χ1n) is 5.82. The van der Waals surface area contributed by atoms with Crippen LogP contribution in [0.15, 0.2) is 24.3 Å². The number of thiocarbonyl (C=S) groups is 1. The molecule has 1 saturated heterocycles. The zero-order valence-corrected chi connectivity index (χ0v) is 11.2. The van der Waals surface area contributed by atoms with E-state index < -0.39 is 0 Å². The molecular formula is C13H18N2OS. The Balaban J connectivity index is 2.03. The summed E-state index contributed by atoms with van der Waals surface area (Å²) in [5.74, 6) is 0.870. The van der Waals surface area contributed by atoms with Crippen LogP contribution in [-0.4, -0.2) is 55.1 Å². The summed E-state index contributed by atoms with van der Waals surface area (Å²) in [4.78, 5) is 5.55. The van der Waals surface area contributed by atoms with Gasteiger partial charge in [-0.15, -0.1) is 0 Å². The van der Waals surface area contributed by atoms with E-state index in [1.807, 2.05) is 24.3 Å². The third-order valence-electron chi connectivity index (χ3n) is 3.13. The van der Waals surface area contributed by atoms with Gasteiger partial charge in [0.2, 0.25) is 0 Å². The molecule has 0 saturated carbocycles. The van der Waals surface area contributed by atoms with Crippen molar-refractivity contribution in [3.8, 4) is 5.75 Å². The minimum Gasteiger partial charge on any atom is -0.497 e. The second kappa shape index (κ2) is 5.47. The van der Waals surface area contributed by atoms with Gasteiger partial charge in [0.15, 0.2) is 0 Å². The zero-order valence-electron chi connectivity index (χ0n) is 10.3. The van der Waals surface area contributed by atoms with Gasteiger partial charge in [-0.05, 0) is 31.3 Å². The number of hydrogen-bond acceptors (Lipinski definition) is 3. The number of benzene rings is 1. The highest BCUT2D eigenvalue weighted by Crippen LogP contribution is 2.14. The minimum absolute atomic E-state index is 0.870. The number of hydrogen-bond donors (Lipinski definition) is 0. The number of nitrogens with zero attached hydrogens (tertiary/aromatic N) is 2. The van der Waals surface area contributed by atoms with Gasteiger partial charge >= 0.3 is 0 Å². The van der Waals surface area contributed by atoms with Crippen molar-refractivity contribution < 1.29 is 4.74 Å². The molecule has 3 nitrogen and oxygen atoms in total. The molecule has 4 heteroatoms. The van der Waals surface area contributed by atoms with Crippen LogP contribution >= 0.6 is 12.2 Å². The second-order valence-electron chi connectivity index (χ2n) is 4.32. The Morgan fingerprint density at radius 1 is 1.12 bits per heavy atom. The van der Waals surface area contributed by atoms with E-state index in [1.54, 1.807) is 7.11 Å². The zero-order chi connectivity index (χ0) is 12.3. The SMILES string of the molecule is COc1ccc(C(=S)N2CCN(C)CC2)cc1. The fraction of sp³-hybridized carbons (Fsp3) is 0.462. The molecule has 2 rings (SSSR count). The molecule has 1 aromatic carbocycles. The van der Waals surface area contributed by atoms with Crippen LogP contribution in [-0.2, 0) is 0 Å². The summed E-state index contributed by atoms with van der Waals surface area (Å²) < 4.78 is 5.14. The van der Waals surface area contributed by atoms with Crippen LogP contribution in [0.25, 0.3) is 0 Å². The molecule has 0 bridgehead atoms. The first-order chi connectivity index (χ1) is 8.20. The fourth-order valence-corrected chi connectivity index (χ4v) is 2.24. The van der Waals surface area contributed by atoms with Crippen molar-refractivity contribution in [3.05, 3.63) is 29.8 Å². The summed E-state index contributed by atoms with van der Waals surface area (Å²) in [5.41, 5.74) is 1.10. The van der Waals surface area contributed by atoms with E-state index in [9.17, 15) is 0 Å². The number of piperazine rings is 1. The molecule has 1 fully saturated rings. The van der Waals surface area contributed by atoms with Crippen LogP contribution in [0.4, 0.5) is 0 Å². The molecule has 0 N–H and O–H groups in total. The number of rotatable bonds is 2. The largest absolute Gasteiger partial charge is 0.497 e. The molecule has 0 amide bonds. The van der Waals surface area contributed by atoms with Crippen LogP contribution < -0.4 is 4.74 Å². The summed E-state index contributed by atoms with van der Waals surface area (Å²) >= 11 is 5.53. The molecular weight excluding hydrogens is 232 g/mol. The molecule has 0 aliphatic carbocycles. The number of methoxy groups -OCH3 is 1. The average Bonchev–Trinajstić information content (AvgIpc) is 2.39. The predicted molar refractivity (Wildman–Crippen MR) is 73.8 cm³/mol. The van der Waals surface area contributed by atoms with Crippen molar-refractivity contribution >= 4 is 17.2 Å². The van der Waals surface area contributed by atoms with Gasteiger partial charge in [0.05, 0.1) is 7.11 Å². The first kappa shape index (κ1) is 12.3. The smallest absolute Gasteiger partial charge is 0.118 e. The molecule has 92 valence electrons. The topological polar surface area (TPSA) is 15.7 Å². The van der Waals surface area contributed by atoms with Gasteiger partial charge in [-0.3, -0.25) is 0 Å². The molecule has 17 heavy (non-hydrogen) atoms. The summed E-state index contributed by atoms with van der Waals surface area (Å²) in [7, 11) is 3.82. The van der Waals surface area contributed by atoms with Crippen LogP contribution in [0, 0.1) is 0 Å². The van der Waals surface area contributed by atoms with Crippen LogP contribution in [0.5, 0.6) is 5.75 Å². The maximum Gasteiger partial charge on any atom is 0.118 e. The van der Waals surface area contributed by atoms with Crippen molar-refractivity contribution in [2.24, 2.45) is 0 Å². The molecule has 0 atom stereocenters. The van der Waals surface area contributed by atoms with E-state index in [1.165, 1.54) is 0 Å². The second-order valence-corrected chi connectivity index (χ2v) is 4.71. The standard InChI is InChI=1S/C13H18N2OS/c1-14-7-9-15(10-8-14)13(17)11-3-5-12(16-2)6-4-11/h3-6H,7-10H2,1-2H3. The van der Waals surface area contributed by atoms with Gasteiger partial charge in [-0.1, -0.05) is 12.2 Å². The van der Waals surface area contributed by atoms with Crippen LogP contribution in [0.3, 0.4) is 0 Å². The quantitative estimate of drug-likeness (QED) is 0.741. The Bertz CT molecular complexity index is 383. The lowest BCUT2D eigenvalue weighted by atomic mass is 10.2. The summed E-state index contributed by atoms with van der Waals surface area (Å²) in [6.45, 7) is 4.19. The van der Waals surface area contributed by atoms with Gasteiger partial charge in [0.25, 0.3) is 0 Å². The van der Waals surface area contributed by atoms with Gasteiger partial charge in [0.1, 0.15) is 10.7 Å². The van der Waals surface area contributed by atoms with Gasteiger partial charge in [-0.2, -0.15) is 0 Å². The lowest BCUT2D eigenvalue weighted by molar-refractivity contribution is 0.218. The highest BCUT2D eigenvalue weighted by molar-refractivity contribution is 7.80. The van der Waals surface area contributed by atoms with Crippen molar-refractivity contribution in [2.45, 2.75) is 0 Å². The maximum atomic E-state index is 5.53. The normalized spacial score (nSPS) is 16.9. The molecule has 1 aliphatic heterocycles. The van der Waals surface area contributed by atoms with Crippen molar-refractivity contribution in [1.82, 2.24) is 9.80 Å². The first-order valence-corrected chi connectivity index (χ1v) is 6.23. The third-order valence-corrected chi connectivity index (χ3v) is 3.62. The monoisotopic (exact) mass is 250 g/mol. The summed E-state index contributed by atoms with van der Waals surface area (Å²) in [5, 5.41) is 0. The van der Waals surface area contributed by atoms with Crippen molar-refractivity contribution in [1.29, 1.82) is 0 Å². The Morgan fingerprint density at radius 3 is 2.24 bits per heavy atom. The molecule has 0 radical (unpaired) electrons. The molecule has 0 aromatic heterocycles. The fourth-order valence-electron chi connectivity index (χ4n) is 1.93. The van der Waals surface area contributed by atoms with E-state index >= 15 is 0 Å². The maximum absolute atomic E-state index is 5.53. The lowest BCUT2D eigenvalue weighted by Crippen LogP contribution is -2.46. The molecule has 1 aliphatic rings. The third kappa shape index (κ3) is 2.96. The van der Waals surface area contributed by atoms with Gasteiger partial charge in [-0.25, -0.2) is 0 Å². The molecule has 0 spiro atoms. The minimum atomic E-state index is 0.870. The number of likely N-dealkylation sites (N-methyl/N-ethyl adjacent to an activating group) is 1. The summed E-state index contributed by atoms with van der Waals surface area (Å²) in [6.07, 6.45) is 0. The van der Waals surface area contributed by atoms with Crippen molar-refractivity contribution in [2.75, 3.05) is 40.3 Å². The van der Waals surface area contributed by atoms with E-state index in [0.717, 1.165) is 42.5 Å². The molecule has 0 unspecified atom stereocenters. The van der Waals surface area contributed by atoms with Crippen molar-refractivity contribution in [3.63, 3.8) is 0 Å². The Morgan fingerprint density at radius 2 is 1.71 bits per heavy atom. The van der Waals surface area contributed by atoms with E-state index in [4.69, 9.17) is 17.0 Å². The van der Waals surface area contributed by atoms with E-state index in [0.29, 0.717) is 0 Å². The highest BCUT2D eigenvalue weighted by Gasteiger charge is 2.17. The molecule has 1 heterocycles. The summed E-state index contributed by atoms with van der Waals surface area (Å²) in [6, 6.07) is 7.97. The highest BCUT2D eigenvalue weighted by atomic mass is 32.1. The average molecular weight is 250 g/mol. The van der Waals surface area contributed by atoms with Crippen LogP contribution in [0.2, 0.25) is 0 Å². The Hall–Kier alpha value is -1.13. The Kier molecular flexibility index (Phi) is 3.97. The Labute approximate surface area is 108 Å². The van der Waals surface area contributed by atoms with Gasteiger partial charge < -0.3 is 14.5 Å². The van der Waals surface area contributed by atoms with E-state index in [2.05, 4.69) is 16.8 Å². The predicted octanol–water partition coefficient (Wildman–Crippen LogP) is 1.62. The van der Waals surface area contributed by atoms with E-state index in [-0.39, 0.29) is 0 Å².